The molecule has 0 spiro atoms. The molecular weight excluding hydrogens is 354 g/mol. The number of rotatable bonds is 6. The van der Waals surface area contributed by atoms with E-state index in [4.69, 9.17) is 16.3 Å². The lowest BCUT2D eigenvalue weighted by atomic mass is 10.1. The smallest absolute Gasteiger partial charge is 0.340 e. The Balaban J connectivity index is 2.16. The molecule has 0 saturated heterocycles. The number of nitrogens with one attached hydrogen (secondary N) is 2. The quantitative estimate of drug-likeness (QED) is 0.456. The maximum Gasteiger partial charge on any atom is 0.340 e. The van der Waals surface area contributed by atoms with Gasteiger partial charge in [0.05, 0.1) is 17.9 Å². The maximum atomic E-state index is 12.3. The van der Waals surface area contributed by atoms with Gasteiger partial charge in [-0.2, -0.15) is 5.26 Å². The molecule has 2 rings (SSSR count). The van der Waals surface area contributed by atoms with Gasteiger partial charge in [0.15, 0.2) is 0 Å². The van der Waals surface area contributed by atoms with E-state index in [1.807, 2.05) is 6.07 Å². The summed E-state index contributed by atoms with van der Waals surface area (Å²) in [6.07, 6.45) is 1.27. The van der Waals surface area contributed by atoms with Gasteiger partial charge in [0.25, 0.3) is 5.91 Å². The number of ether oxygens (including phenoxy) is 1. The standard InChI is InChI=1S/C19H16ClN3O3/c1-2-26-19(25)16-8-3-4-9-17(16)23-18(24)13(11-21)12-22-15-7-5-6-14(20)10-15/h3-10,12,22H,2H2,1H3,(H,23,24)/b13-12-. The lowest BCUT2D eigenvalue weighted by molar-refractivity contribution is -0.112. The fourth-order valence-corrected chi connectivity index (χ4v) is 2.24. The number of carbonyl (C=O) groups is 2. The van der Waals surface area contributed by atoms with Crippen molar-refractivity contribution < 1.29 is 14.3 Å². The van der Waals surface area contributed by atoms with E-state index in [2.05, 4.69) is 10.6 Å². The summed E-state index contributed by atoms with van der Waals surface area (Å²) in [5.41, 5.74) is 0.941. The van der Waals surface area contributed by atoms with Crippen LogP contribution in [-0.2, 0) is 9.53 Å². The third kappa shape index (κ3) is 5.10. The summed E-state index contributed by atoms with van der Waals surface area (Å²) >= 11 is 5.89. The van der Waals surface area contributed by atoms with Crippen LogP contribution in [0.25, 0.3) is 0 Å². The number of esters is 1. The summed E-state index contributed by atoms with van der Waals surface area (Å²) in [4.78, 5) is 24.3. The van der Waals surface area contributed by atoms with E-state index in [9.17, 15) is 14.9 Å². The van der Waals surface area contributed by atoms with Crippen molar-refractivity contribution in [1.29, 1.82) is 5.26 Å². The Bertz CT molecular complexity index is 888. The minimum absolute atomic E-state index is 0.163. The van der Waals surface area contributed by atoms with Gasteiger partial charge in [0, 0.05) is 16.9 Å². The van der Waals surface area contributed by atoms with E-state index in [-0.39, 0.29) is 23.4 Å². The molecule has 2 aromatic rings. The predicted octanol–water partition coefficient (Wildman–Crippen LogP) is 3.97. The van der Waals surface area contributed by atoms with Gasteiger partial charge in [-0.05, 0) is 37.3 Å². The summed E-state index contributed by atoms with van der Waals surface area (Å²) in [5, 5.41) is 15.1. The van der Waals surface area contributed by atoms with Crippen LogP contribution in [0.5, 0.6) is 0 Å². The fraction of sp³-hybridized carbons (Fsp3) is 0.105. The van der Waals surface area contributed by atoms with E-state index in [1.54, 1.807) is 49.4 Å². The zero-order valence-electron chi connectivity index (χ0n) is 14.0. The number of nitriles is 1. The number of carbonyl (C=O) groups excluding carboxylic acids is 2. The third-order valence-corrected chi connectivity index (χ3v) is 3.48. The third-order valence-electron chi connectivity index (χ3n) is 3.24. The Labute approximate surface area is 156 Å². The molecule has 0 aromatic heterocycles. The molecule has 0 atom stereocenters. The van der Waals surface area contributed by atoms with E-state index < -0.39 is 11.9 Å². The maximum absolute atomic E-state index is 12.3. The summed E-state index contributed by atoms with van der Waals surface area (Å²) in [6.45, 7) is 1.91. The van der Waals surface area contributed by atoms with Crippen LogP contribution in [0.1, 0.15) is 17.3 Å². The van der Waals surface area contributed by atoms with Gasteiger partial charge in [-0.3, -0.25) is 4.79 Å². The minimum atomic E-state index is -0.654. The first-order chi connectivity index (χ1) is 12.5. The van der Waals surface area contributed by atoms with Crippen LogP contribution in [0.4, 0.5) is 11.4 Å². The van der Waals surface area contributed by atoms with Crippen molar-refractivity contribution in [3.05, 3.63) is 70.9 Å². The molecule has 1 amide bonds. The van der Waals surface area contributed by atoms with Crippen molar-refractivity contribution in [2.24, 2.45) is 0 Å². The number of hydrogen-bond acceptors (Lipinski definition) is 5. The van der Waals surface area contributed by atoms with Gasteiger partial charge in [0.2, 0.25) is 0 Å². The summed E-state index contributed by atoms with van der Waals surface area (Å²) in [6, 6.07) is 15.1. The number of hydrogen-bond donors (Lipinski definition) is 2. The second kappa shape index (κ2) is 9.25. The van der Waals surface area contributed by atoms with Crippen LogP contribution in [0.2, 0.25) is 5.02 Å². The van der Waals surface area contributed by atoms with Crippen molar-refractivity contribution in [3.8, 4) is 6.07 Å². The van der Waals surface area contributed by atoms with Crippen molar-refractivity contribution >= 4 is 34.9 Å². The average molecular weight is 370 g/mol. The lowest BCUT2D eigenvalue weighted by Crippen LogP contribution is -2.17. The Morgan fingerprint density at radius 3 is 2.69 bits per heavy atom. The van der Waals surface area contributed by atoms with E-state index in [0.717, 1.165) is 0 Å². The molecule has 0 aliphatic heterocycles. The highest BCUT2D eigenvalue weighted by molar-refractivity contribution is 6.30. The molecule has 26 heavy (non-hydrogen) atoms. The zero-order valence-corrected chi connectivity index (χ0v) is 14.7. The SMILES string of the molecule is CCOC(=O)c1ccccc1NC(=O)/C(C#N)=C\Nc1cccc(Cl)c1. The molecule has 0 unspecified atom stereocenters. The first kappa shape index (κ1) is 19.0. The molecule has 2 N–H and O–H groups in total. The normalized spacial score (nSPS) is 10.6. The summed E-state index contributed by atoms with van der Waals surface area (Å²) < 4.78 is 4.96. The summed E-state index contributed by atoms with van der Waals surface area (Å²) in [5.74, 6) is -1.21. The molecule has 0 aliphatic rings. The Morgan fingerprint density at radius 1 is 1.23 bits per heavy atom. The van der Waals surface area contributed by atoms with Gasteiger partial charge >= 0.3 is 5.97 Å². The van der Waals surface area contributed by atoms with E-state index in [1.165, 1.54) is 12.3 Å². The number of para-hydroxylation sites is 1. The molecule has 7 heteroatoms. The van der Waals surface area contributed by atoms with Crippen LogP contribution >= 0.6 is 11.6 Å². The van der Waals surface area contributed by atoms with Crippen LogP contribution in [0.3, 0.4) is 0 Å². The van der Waals surface area contributed by atoms with Crippen LogP contribution in [0, 0.1) is 11.3 Å². The average Bonchev–Trinajstić information content (AvgIpc) is 2.63. The molecule has 2 aromatic carbocycles. The molecule has 0 aliphatic carbocycles. The molecule has 6 nitrogen and oxygen atoms in total. The lowest BCUT2D eigenvalue weighted by Gasteiger charge is -2.10. The molecule has 0 saturated carbocycles. The van der Waals surface area contributed by atoms with Crippen molar-refractivity contribution in [3.63, 3.8) is 0 Å². The monoisotopic (exact) mass is 369 g/mol. The Kier molecular flexibility index (Phi) is 6.77. The van der Waals surface area contributed by atoms with Gasteiger partial charge < -0.3 is 15.4 Å². The fourth-order valence-electron chi connectivity index (χ4n) is 2.05. The number of amides is 1. The molecule has 132 valence electrons. The van der Waals surface area contributed by atoms with Crippen molar-refractivity contribution in [1.82, 2.24) is 0 Å². The Hall–Kier alpha value is -3.30. The topological polar surface area (TPSA) is 91.2 Å². The highest BCUT2D eigenvalue weighted by atomic mass is 35.5. The van der Waals surface area contributed by atoms with Gasteiger partial charge in [0.1, 0.15) is 11.6 Å². The first-order valence-corrected chi connectivity index (χ1v) is 8.12. The number of nitrogens with zero attached hydrogens (tertiary/aromatic N) is 1. The minimum Gasteiger partial charge on any atom is -0.462 e. The number of benzene rings is 2. The number of halogens is 1. The van der Waals surface area contributed by atoms with Crippen LogP contribution in [0.15, 0.2) is 60.3 Å². The zero-order chi connectivity index (χ0) is 18.9. The van der Waals surface area contributed by atoms with Crippen molar-refractivity contribution in [2.75, 3.05) is 17.2 Å². The van der Waals surface area contributed by atoms with Gasteiger partial charge in [-0.1, -0.05) is 29.8 Å². The summed E-state index contributed by atoms with van der Waals surface area (Å²) in [7, 11) is 0. The molecular formula is C19H16ClN3O3. The second-order valence-corrected chi connectivity index (χ2v) is 5.48. The highest BCUT2D eigenvalue weighted by Gasteiger charge is 2.16. The molecule has 0 radical (unpaired) electrons. The van der Waals surface area contributed by atoms with E-state index in [0.29, 0.717) is 10.7 Å². The Morgan fingerprint density at radius 2 is 2.00 bits per heavy atom. The predicted molar refractivity (Wildman–Crippen MR) is 99.8 cm³/mol. The highest BCUT2D eigenvalue weighted by Crippen LogP contribution is 2.18. The molecule has 0 fully saturated rings. The molecule has 0 heterocycles. The van der Waals surface area contributed by atoms with Gasteiger partial charge in [-0.15, -0.1) is 0 Å². The van der Waals surface area contributed by atoms with E-state index >= 15 is 0 Å². The second-order valence-electron chi connectivity index (χ2n) is 5.04. The largest absolute Gasteiger partial charge is 0.462 e. The molecule has 0 bridgehead atoms. The van der Waals surface area contributed by atoms with Gasteiger partial charge in [-0.25, -0.2) is 4.79 Å². The van der Waals surface area contributed by atoms with Crippen LogP contribution < -0.4 is 10.6 Å². The van der Waals surface area contributed by atoms with Crippen LogP contribution in [-0.4, -0.2) is 18.5 Å². The first-order valence-electron chi connectivity index (χ1n) is 7.75. The number of anilines is 2. The van der Waals surface area contributed by atoms with Crippen molar-refractivity contribution in [2.45, 2.75) is 6.92 Å².